The Morgan fingerprint density at radius 3 is 2.00 bits per heavy atom. The van der Waals surface area contributed by atoms with Gasteiger partial charge in [0.05, 0.1) is 5.56 Å². The van der Waals surface area contributed by atoms with E-state index >= 15 is 0 Å². The summed E-state index contributed by atoms with van der Waals surface area (Å²) in [5.41, 5.74) is 0.554. The average Bonchev–Trinajstić information content (AvgIpc) is 2.29. The molecule has 0 amide bonds. The van der Waals surface area contributed by atoms with Crippen molar-refractivity contribution in [2.75, 3.05) is 19.0 Å². The lowest BCUT2D eigenvalue weighted by Gasteiger charge is -2.20. The predicted octanol–water partition coefficient (Wildman–Crippen LogP) is 4.36. The molecule has 1 aromatic rings. The van der Waals surface area contributed by atoms with Crippen LogP contribution in [0.3, 0.4) is 0 Å². The highest BCUT2D eigenvalue weighted by atomic mass is 19.4. The summed E-state index contributed by atoms with van der Waals surface area (Å²) in [6.07, 6.45) is -3.55. The molecule has 0 fully saturated rings. The summed E-state index contributed by atoms with van der Waals surface area (Å²) in [6, 6.07) is 4.26. The van der Waals surface area contributed by atoms with E-state index in [4.69, 9.17) is 0 Å². The quantitative estimate of drug-likeness (QED) is 0.750. The molecule has 17 heavy (non-hydrogen) atoms. The number of nitrogens with zero attached hydrogens (tertiary/aromatic N) is 1. The van der Waals surface area contributed by atoms with E-state index in [0.717, 1.165) is 18.1 Å². The SMILES string of the molecule is CC.CCc1ccc(C(F)(F)F)c(N(C)C)c1. The summed E-state index contributed by atoms with van der Waals surface area (Å²) >= 11 is 0. The molecule has 0 aliphatic heterocycles. The van der Waals surface area contributed by atoms with E-state index in [-0.39, 0.29) is 5.69 Å². The van der Waals surface area contributed by atoms with Crippen LogP contribution < -0.4 is 4.90 Å². The largest absolute Gasteiger partial charge is 0.418 e. The van der Waals surface area contributed by atoms with Gasteiger partial charge in [0.25, 0.3) is 0 Å². The molecule has 0 unspecified atom stereocenters. The second-order valence-corrected chi connectivity index (χ2v) is 3.60. The van der Waals surface area contributed by atoms with Crippen molar-refractivity contribution < 1.29 is 13.2 Å². The van der Waals surface area contributed by atoms with E-state index in [1.54, 1.807) is 20.2 Å². The smallest absolute Gasteiger partial charge is 0.377 e. The molecule has 1 nitrogen and oxygen atoms in total. The molecule has 0 saturated carbocycles. The number of hydrogen-bond donors (Lipinski definition) is 0. The van der Waals surface area contributed by atoms with Crippen LogP contribution in [0.25, 0.3) is 0 Å². The molecule has 0 spiro atoms. The molecule has 0 radical (unpaired) electrons. The van der Waals surface area contributed by atoms with E-state index in [2.05, 4.69) is 0 Å². The van der Waals surface area contributed by atoms with Gasteiger partial charge in [0, 0.05) is 19.8 Å². The van der Waals surface area contributed by atoms with Gasteiger partial charge in [-0.15, -0.1) is 0 Å². The molecule has 4 heteroatoms. The lowest BCUT2D eigenvalue weighted by molar-refractivity contribution is -0.137. The predicted molar refractivity (Wildman–Crippen MR) is 66.5 cm³/mol. The van der Waals surface area contributed by atoms with Crippen molar-refractivity contribution in [3.05, 3.63) is 29.3 Å². The van der Waals surface area contributed by atoms with Gasteiger partial charge in [0.15, 0.2) is 0 Å². The van der Waals surface area contributed by atoms with Gasteiger partial charge in [-0.05, 0) is 24.1 Å². The first-order valence-corrected chi connectivity index (χ1v) is 5.73. The van der Waals surface area contributed by atoms with Crippen molar-refractivity contribution >= 4 is 5.69 Å². The van der Waals surface area contributed by atoms with Crippen LogP contribution in [0, 0.1) is 0 Å². The Kier molecular flexibility index (Phi) is 6.07. The molecule has 0 heterocycles. The first-order valence-electron chi connectivity index (χ1n) is 5.73. The Morgan fingerprint density at radius 2 is 1.65 bits per heavy atom. The molecule has 0 atom stereocenters. The molecule has 98 valence electrons. The molecule has 0 aliphatic carbocycles. The van der Waals surface area contributed by atoms with Crippen LogP contribution in [-0.2, 0) is 12.6 Å². The van der Waals surface area contributed by atoms with Crippen LogP contribution in [-0.4, -0.2) is 14.1 Å². The zero-order chi connectivity index (χ0) is 13.6. The van der Waals surface area contributed by atoms with Gasteiger partial charge in [-0.3, -0.25) is 0 Å². The van der Waals surface area contributed by atoms with Crippen LogP contribution >= 0.6 is 0 Å². The van der Waals surface area contributed by atoms with Crippen molar-refractivity contribution in [1.82, 2.24) is 0 Å². The molecule has 0 saturated heterocycles. The van der Waals surface area contributed by atoms with E-state index in [1.807, 2.05) is 20.8 Å². The van der Waals surface area contributed by atoms with Crippen LogP contribution in [0.1, 0.15) is 31.9 Å². The Balaban J connectivity index is 0.00000121. The lowest BCUT2D eigenvalue weighted by Crippen LogP contribution is -2.16. The van der Waals surface area contributed by atoms with Gasteiger partial charge < -0.3 is 4.90 Å². The van der Waals surface area contributed by atoms with E-state index in [9.17, 15) is 13.2 Å². The van der Waals surface area contributed by atoms with Gasteiger partial charge in [-0.2, -0.15) is 13.2 Å². The Morgan fingerprint density at radius 1 is 1.12 bits per heavy atom. The van der Waals surface area contributed by atoms with E-state index < -0.39 is 11.7 Å². The zero-order valence-corrected chi connectivity index (χ0v) is 11.0. The van der Waals surface area contributed by atoms with Crippen LogP contribution in [0.5, 0.6) is 0 Å². The van der Waals surface area contributed by atoms with Crippen LogP contribution in [0.2, 0.25) is 0 Å². The first-order chi connectivity index (χ1) is 7.86. The molecular formula is C13H20F3N. The maximum Gasteiger partial charge on any atom is 0.418 e. The van der Waals surface area contributed by atoms with Crippen molar-refractivity contribution in [1.29, 1.82) is 0 Å². The van der Waals surface area contributed by atoms with Crippen molar-refractivity contribution in [3.63, 3.8) is 0 Å². The Bertz CT molecular complexity index is 343. The summed E-state index contributed by atoms with van der Waals surface area (Å²) in [7, 11) is 3.23. The number of rotatable bonds is 2. The molecule has 0 N–H and O–H groups in total. The summed E-state index contributed by atoms with van der Waals surface area (Å²) in [5.74, 6) is 0. The molecular weight excluding hydrogens is 227 g/mol. The zero-order valence-electron chi connectivity index (χ0n) is 11.0. The van der Waals surface area contributed by atoms with Gasteiger partial charge in [0.1, 0.15) is 0 Å². The lowest BCUT2D eigenvalue weighted by atomic mass is 10.1. The number of alkyl halides is 3. The van der Waals surface area contributed by atoms with Gasteiger partial charge >= 0.3 is 6.18 Å². The maximum absolute atomic E-state index is 12.6. The molecule has 1 aromatic carbocycles. The second-order valence-electron chi connectivity index (χ2n) is 3.60. The monoisotopic (exact) mass is 247 g/mol. The number of halogens is 3. The van der Waals surface area contributed by atoms with Crippen molar-refractivity contribution in [2.45, 2.75) is 33.4 Å². The van der Waals surface area contributed by atoms with Crippen LogP contribution in [0.4, 0.5) is 18.9 Å². The number of anilines is 1. The third kappa shape index (κ3) is 4.29. The third-order valence-electron chi connectivity index (χ3n) is 2.26. The van der Waals surface area contributed by atoms with Crippen molar-refractivity contribution in [2.24, 2.45) is 0 Å². The maximum atomic E-state index is 12.6. The minimum absolute atomic E-state index is 0.224. The fourth-order valence-electron chi connectivity index (χ4n) is 1.41. The molecule has 0 aliphatic rings. The highest BCUT2D eigenvalue weighted by Crippen LogP contribution is 2.36. The van der Waals surface area contributed by atoms with Crippen LogP contribution in [0.15, 0.2) is 18.2 Å². The first kappa shape index (κ1) is 15.8. The topological polar surface area (TPSA) is 3.24 Å². The normalized spacial score (nSPS) is 10.6. The minimum Gasteiger partial charge on any atom is -0.377 e. The Hall–Kier alpha value is -1.19. The summed E-state index contributed by atoms with van der Waals surface area (Å²) in [4.78, 5) is 1.49. The number of aryl methyl sites for hydroxylation is 1. The minimum atomic E-state index is -4.29. The molecule has 0 bridgehead atoms. The fraction of sp³-hybridized carbons (Fsp3) is 0.538. The average molecular weight is 247 g/mol. The third-order valence-corrected chi connectivity index (χ3v) is 2.26. The Labute approximate surface area is 101 Å². The second kappa shape index (κ2) is 6.52. The van der Waals surface area contributed by atoms with Gasteiger partial charge in [-0.25, -0.2) is 0 Å². The summed E-state index contributed by atoms with van der Waals surface area (Å²) < 4.78 is 37.9. The number of hydrogen-bond acceptors (Lipinski definition) is 1. The van der Waals surface area contributed by atoms with Crippen molar-refractivity contribution in [3.8, 4) is 0 Å². The summed E-state index contributed by atoms with van der Waals surface area (Å²) in [5, 5.41) is 0. The van der Waals surface area contributed by atoms with Gasteiger partial charge in [-0.1, -0.05) is 26.8 Å². The highest BCUT2D eigenvalue weighted by molar-refractivity contribution is 5.55. The highest BCUT2D eigenvalue weighted by Gasteiger charge is 2.33. The van der Waals surface area contributed by atoms with E-state index in [1.165, 1.54) is 11.0 Å². The van der Waals surface area contributed by atoms with E-state index in [0.29, 0.717) is 0 Å². The molecule has 0 aromatic heterocycles. The fourth-order valence-corrected chi connectivity index (χ4v) is 1.41. The standard InChI is InChI=1S/C11H14F3N.C2H6/c1-4-8-5-6-9(11(12,13)14)10(7-8)15(2)3;1-2/h5-7H,4H2,1-3H3;1-2H3. The molecule has 1 rings (SSSR count). The number of benzene rings is 1. The summed E-state index contributed by atoms with van der Waals surface area (Å²) in [6.45, 7) is 5.92. The van der Waals surface area contributed by atoms with Gasteiger partial charge in [0.2, 0.25) is 0 Å².